The topological polar surface area (TPSA) is 21.3 Å². The second-order valence-electron chi connectivity index (χ2n) is 5.26. The fourth-order valence-corrected chi connectivity index (χ4v) is 2.51. The van der Waals surface area contributed by atoms with Gasteiger partial charge >= 0.3 is 0 Å². The maximum Gasteiger partial charge on any atom is 0.162 e. The lowest BCUT2D eigenvalue weighted by atomic mass is 9.97. The van der Waals surface area contributed by atoms with Crippen LogP contribution in [0.3, 0.4) is 0 Å². The first-order valence-corrected chi connectivity index (χ1v) is 7.91. The summed E-state index contributed by atoms with van der Waals surface area (Å²) in [6.45, 7) is 7.62. The highest BCUT2D eigenvalue weighted by Gasteiger charge is 2.23. The molecule has 1 aromatic carbocycles. The molecule has 1 rings (SSSR count). The van der Waals surface area contributed by atoms with Gasteiger partial charge in [-0.25, -0.2) is 8.78 Å². The van der Waals surface area contributed by atoms with Crippen LogP contribution in [0.4, 0.5) is 8.78 Å². The standard InChI is InChI=1S/C17H27F2NO/c1-4-8-16(21-6-3)15(20-11-5-2)12-13-9-7-10-14(18)17(13)19/h7,9-10,15-16,20H,4-6,8,11-12H2,1-3H3. The highest BCUT2D eigenvalue weighted by Crippen LogP contribution is 2.17. The molecule has 0 spiro atoms. The van der Waals surface area contributed by atoms with Gasteiger partial charge in [0.15, 0.2) is 11.6 Å². The Balaban J connectivity index is 2.87. The van der Waals surface area contributed by atoms with Gasteiger partial charge in [0.2, 0.25) is 0 Å². The van der Waals surface area contributed by atoms with Crippen LogP contribution >= 0.6 is 0 Å². The van der Waals surface area contributed by atoms with Gasteiger partial charge in [0.1, 0.15) is 0 Å². The third-order valence-electron chi connectivity index (χ3n) is 3.53. The summed E-state index contributed by atoms with van der Waals surface area (Å²) in [4.78, 5) is 0. The Morgan fingerprint density at radius 3 is 2.52 bits per heavy atom. The predicted molar refractivity (Wildman–Crippen MR) is 82.5 cm³/mol. The molecule has 0 saturated carbocycles. The van der Waals surface area contributed by atoms with Crippen LogP contribution in [0, 0.1) is 11.6 Å². The summed E-state index contributed by atoms with van der Waals surface area (Å²) < 4.78 is 33.0. The first kappa shape index (κ1) is 18.1. The van der Waals surface area contributed by atoms with Gasteiger partial charge in [0.05, 0.1) is 6.10 Å². The number of hydrogen-bond donors (Lipinski definition) is 1. The van der Waals surface area contributed by atoms with Crippen molar-refractivity contribution in [1.29, 1.82) is 0 Å². The van der Waals surface area contributed by atoms with Gasteiger partial charge in [0.25, 0.3) is 0 Å². The molecule has 0 saturated heterocycles. The summed E-state index contributed by atoms with van der Waals surface area (Å²) in [5.41, 5.74) is 0.407. The smallest absolute Gasteiger partial charge is 0.162 e. The Kier molecular flexibility index (Phi) is 8.47. The van der Waals surface area contributed by atoms with Crippen LogP contribution in [0.5, 0.6) is 0 Å². The lowest BCUT2D eigenvalue weighted by Crippen LogP contribution is -2.43. The van der Waals surface area contributed by atoms with Crippen LogP contribution in [0.25, 0.3) is 0 Å². The second kappa shape index (κ2) is 9.85. The van der Waals surface area contributed by atoms with E-state index in [1.165, 1.54) is 0 Å². The summed E-state index contributed by atoms with van der Waals surface area (Å²) in [7, 11) is 0. The van der Waals surface area contributed by atoms with Crippen LogP contribution < -0.4 is 5.32 Å². The number of ether oxygens (including phenoxy) is 1. The van der Waals surface area contributed by atoms with Crippen LogP contribution in [-0.2, 0) is 11.2 Å². The zero-order valence-corrected chi connectivity index (χ0v) is 13.3. The molecule has 0 bridgehead atoms. The lowest BCUT2D eigenvalue weighted by Gasteiger charge is -2.28. The van der Waals surface area contributed by atoms with Crippen LogP contribution in [0.1, 0.15) is 45.6 Å². The molecule has 2 nitrogen and oxygen atoms in total. The minimum Gasteiger partial charge on any atom is -0.377 e. The van der Waals surface area contributed by atoms with Crippen molar-refractivity contribution in [3.63, 3.8) is 0 Å². The number of benzene rings is 1. The van der Waals surface area contributed by atoms with E-state index in [1.807, 2.05) is 6.92 Å². The van der Waals surface area contributed by atoms with E-state index in [2.05, 4.69) is 19.2 Å². The summed E-state index contributed by atoms with van der Waals surface area (Å²) >= 11 is 0. The van der Waals surface area contributed by atoms with E-state index >= 15 is 0 Å². The van der Waals surface area contributed by atoms with E-state index in [9.17, 15) is 8.78 Å². The molecule has 0 heterocycles. The molecule has 0 fully saturated rings. The molecule has 21 heavy (non-hydrogen) atoms. The Morgan fingerprint density at radius 1 is 1.14 bits per heavy atom. The number of nitrogens with one attached hydrogen (secondary N) is 1. The summed E-state index contributed by atoms with van der Waals surface area (Å²) in [5, 5.41) is 3.42. The largest absolute Gasteiger partial charge is 0.377 e. The van der Waals surface area contributed by atoms with E-state index in [0.29, 0.717) is 18.6 Å². The third-order valence-corrected chi connectivity index (χ3v) is 3.53. The van der Waals surface area contributed by atoms with Gasteiger partial charge in [-0.05, 0) is 44.4 Å². The molecule has 2 unspecified atom stereocenters. The van der Waals surface area contributed by atoms with E-state index < -0.39 is 11.6 Å². The van der Waals surface area contributed by atoms with E-state index in [4.69, 9.17) is 4.74 Å². The molecule has 0 aliphatic carbocycles. The molecule has 0 radical (unpaired) electrons. The Labute approximate surface area is 126 Å². The maximum absolute atomic E-state index is 13.9. The fraction of sp³-hybridized carbons (Fsp3) is 0.647. The quantitative estimate of drug-likeness (QED) is 0.703. The Bertz CT molecular complexity index is 406. The highest BCUT2D eigenvalue weighted by atomic mass is 19.2. The van der Waals surface area contributed by atoms with Crippen molar-refractivity contribution in [2.45, 2.75) is 58.6 Å². The van der Waals surface area contributed by atoms with Crippen molar-refractivity contribution >= 4 is 0 Å². The Morgan fingerprint density at radius 2 is 1.90 bits per heavy atom. The van der Waals surface area contributed by atoms with Crippen molar-refractivity contribution < 1.29 is 13.5 Å². The van der Waals surface area contributed by atoms with Crippen LogP contribution in [0.2, 0.25) is 0 Å². The van der Waals surface area contributed by atoms with Gasteiger partial charge < -0.3 is 10.1 Å². The normalized spacial score (nSPS) is 14.1. The molecular formula is C17H27F2NO. The van der Waals surface area contributed by atoms with Gasteiger partial charge in [-0.2, -0.15) is 0 Å². The SMILES string of the molecule is CCCNC(Cc1cccc(F)c1F)C(CCC)OCC. The zero-order chi connectivity index (χ0) is 15.7. The Hall–Kier alpha value is -1.00. The predicted octanol–water partition coefficient (Wildman–Crippen LogP) is 4.08. The summed E-state index contributed by atoms with van der Waals surface area (Å²) in [6, 6.07) is 4.36. The molecule has 1 aromatic rings. The summed E-state index contributed by atoms with van der Waals surface area (Å²) in [6.07, 6.45) is 3.36. The average Bonchev–Trinajstić information content (AvgIpc) is 2.47. The lowest BCUT2D eigenvalue weighted by molar-refractivity contribution is 0.0280. The van der Waals surface area contributed by atoms with Crippen molar-refractivity contribution in [2.24, 2.45) is 0 Å². The van der Waals surface area contributed by atoms with Crippen molar-refractivity contribution in [1.82, 2.24) is 5.32 Å². The van der Waals surface area contributed by atoms with Crippen LogP contribution in [-0.4, -0.2) is 25.3 Å². The van der Waals surface area contributed by atoms with Crippen LogP contribution in [0.15, 0.2) is 18.2 Å². The first-order valence-electron chi connectivity index (χ1n) is 7.91. The summed E-state index contributed by atoms with van der Waals surface area (Å²) in [5.74, 6) is -1.53. The minimum absolute atomic E-state index is 0.00106. The molecule has 0 amide bonds. The molecule has 2 atom stereocenters. The van der Waals surface area contributed by atoms with E-state index in [0.717, 1.165) is 31.9 Å². The van der Waals surface area contributed by atoms with Gasteiger partial charge in [-0.3, -0.25) is 0 Å². The third kappa shape index (κ3) is 5.71. The maximum atomic E-state index is 13.9. The van der Waals surface area contributed by atoms with Gasteiger partial charge in [-0.1, -0.05) is 32.4 Å². The monoisotopic (exact) mass is 299 g/mol. The molecule has 120 valence electrons. The van der Waals surface area contributed by atoms with Crippen molar-refractivity contribution in [3.05, 3.63) is 35.4 Å². The second-order valence-corrected chi connectivity index (χ2v) is 5.26. The molecule has 1 N–H and O–H groups in total. The average molecular weight is 299 g/mol. The van der Waals surface area contributed by atoms with Gasteiger partial charge in [-0.15, -0.1) is 0 Å². The minimum atomic E-state index is -0.787. The molecule has 0 aliphatic rings. The number of hydrogen-bond acceptors (Lipinski definition) is 2. The number of rotatable bonds is 10. The molecule has 4 heteroatoms. The van der Waals surface area contributed by atoms with E-state index in [-0.39, 0.29) is 12.1 Å². The molecular weight excluding hydrogens is 272 g/mol. The molecule has 0 aliphatic heterocycles. The number of halogens is 2. The van der Waals surface area contributed by atoms with Gasteiger partial charge in [0, 0.05) is 12.6 Å². The molecule has 0 aromatic heterocycles. The van der Waals surface area contributed by atoms with Crippen molar-refractivity contribution in [2.75, 3.05) is 13.2 Å². The highest BCUT2D eigenvalue weighted by molar-refractivity contribution is 5.20. The fourth-order valence-electron chi connectivity index (χ4n) is 2.51. The first-order chi connectivity index (χ1) is 10.1. The van der Waals surface area contributed by atoms with Crippen molar-refractivity contribution in [3.8, 4) is 0 Å². The van der Waals surface area contributed by atoms with E-state index in [1.54, 1.807) is 12.1 Å². The zero-order valence-electron chi connectivity index (χ0n) is 13.3.